The third kappa shape index (κ3) is 4.95. The molecule has 0 bridgehead atoms. The van der Waals surface area contributed by atoms with Gasteiger partial charge in [0.1, 0.15) is 12.6 Å². The van der Waals surface area contributed by atoms with Crippen LogP contribution in [-0.2, 0) is 27.0 Å². The van der Waals surface area contributed by atoms with Crippen LogP contribution in [0.4, 0.5) is 18.9 Å². The Morgan fingerprint density at radius 3 is 2.65 bits per heavy atom. The molecule has 0 aliphatic heterocycles. The van der Waals surface area contributed by atoms with Crippen LogP contribution >= 0.6 is 11.6 Å². The largest absolute Gasteiger partial charge is 0.451 e. The SMILES string of the molecule is CC(OC(=O)Cn1c(C(F)(F)F)nc2ccccc21)C(=O)Nc1ccc(C#N)c(Cl)c1. The lowest BCUT2D eigenvalue weighted by molar-refractivity contribution is -0.156. The van der Waals surface area contributed by atoms with Gasteiger partial charge < -0.3 is 14.6 Å². The van der Waals surface area contributed by atoms with Crippen LogP contribution in [0.2, 0.25) is 5.02 Å². The lowest BCUT2D eigenvalue weighted by Crippen LogP contribution is -2.31. The number of rotatable bonds is 5. The van der Waals surface area contributed by atoms with Gasteiger partial charge in [-0.1, -0.05) is 23.7 Å². The molecule has 1 amide bonds. The number of hydrogen-bond donors (Lipinski definition) is 1. The minimum absolute atomic E-state index is 0.0751. The number of hydrogen-bond acceptors (Lipinski definition) is 5. The van der Waals surface area contributed by atoms with Crippen molar-refractivity contribution in [3.05, 3.63) is 58.9 Å². The Bertz CT molecular complexity index is 1200. The molecule has 1 atom stereocenters. The van der Waals surface area contributed by atoms with E-state index in [1.807, 2.05) is 6.07 Å². The number of halogens is 4. The number of amides is 1. The van der Waals surface area contributed by atoms with Gasteiger partial charge in [0.05, 0.1) is 21.6 Å². The van der Waals surface area contributed by atoms with E-state index in [2.05, 4.69) is 10.3 Å². The molecule has 1 unspecified atom stereocenters. The summed E-state index contributed by atoms with van der Waals surface area (Å²) < 4.78 is 45.7. The molecule has 3 aromatic rings. The number of aromatic nitrogens is 2. The summed E-state index contributed by atoms with van der Waals surface area (Å²) in [5.41, 5.74) is 0.659. The monoisotopic (exact) mass is 450 g/mol. The van der Waals surface area contributed by atoms with E-state index >= 15 is 0 Å². The molecule has 160 valence electrons. The number of carbonyl (C=O) groups is 2. The number of nitrogens with zero attached hydrogens (tertiary/aromatic N) is 3. The predicted octanol–water partition coefficient (Wildman–Crippen LogP) is 4.15. The van der Waals surface area contributed by atoms with Crippen LogP contribution in [0.15, 0.2) is 42.5 Å². The van der Waals surface area contributed by atoms with Crippen molar-refractivity contribution in [3.8, 4) is 6.07 Å². The minimum atomic E-state index is -4.78. The average Bonchev–Trinajstić information content (AvgIpc) is 3.07. The van der Waals surface area contributed by atoms with Gasteiger partial charge in [-0.2, -0.15) is 18.4 Å². The summed E-state index contributed by atoms with van der Waals surface area (Å²) in [4.78, 5) is 28.1. The van der Waals surface area contributed by atoms with Crippen LogP contribution in [0.5, 0.6) is 0 Å². The molecule has 3 rings (SSSR count). The van der Waals surface area contributed by atoms with Crippen LogP contribution in [0.25, 0.3) is 11.0 Å². The highest BCUT2D eigenvalue weighted by Gasteiger charge is 2.38. The van der Waals surface area contributed by atoms with Gasteiger partial charge in [-0.15, -0.1) is 0 Å². The smallest absolute Gasteiger partial charge is 0.449 e. The lowest BCUT2D eigenvalue weighted by atomic mass is 10.2. The van der Waals surface area contributed by atoms with Crippen LogP contribution in [0, 0.1) is 11.3 Å². The van der Waals surface area contributed by atoms with Gasteiger partial charge in [0, 0.05) is 5.69 Å². The molecule has 0 radical (unpaired) electrons. The topological polar surface area (TPSA) is 97.0 Å². The number of carbonyl (C=O) groups excluding carboxylic acids is 2. The summed E-state index contributed by atoms with van der Waals surface area (Å²) in [6.45, 7) is 0.491. The Hall–Kier alpha value is -3.58. The first kappa shape index (κ1) is 22.1. The quantitative estimate of drug-likeness (QED) is 0.589. The summed E-state index contributed by atoms with van der Waals surface area (Å²) >= 11 is 5.90. The van der Waals surface area contributed by atoms with E-state index in [4.69, 9.17) is 21.6 Å². The van der Waals surface area contributed by atoms with Gasteiger partial charge in [0.25, 0.3) is 5.91 Å². The number of benzene rings is 2. The van der Waals surface area contributed by atoms with Crippen molar-refractivity contribution >= 4 is 40.2 Å². The van der Waals surface area contributed by atoms with Gasteiger partial charge in [0.15, 0.2) is 6.10 Å². The molecule has 0 fully saturated rings. The van der Waals surface area contributed by atoms with E-state index < -0.39 is 36.5 Å². The second kappa shape index (κ2) is 8.65. The first-order valence-corrected chi connectivity index (χ1v) is 9.20. The molecule has 0 aliphatic carbocycles. The number of fused-ring (bicyclic) bond motifs is 1. The molecule has 1 N–H and O–H groups in total. The van der Waals surface area contributed by atoms with Gasteiger partial charge in [0.2, 0.25) is 5.82 Å². The fourth-order valence-electron chi connectivity index (χ4n) is 2.80. The Balaban J connectivity index is 1.71. The molecule has 2 aromatic carbocycles. The molecule has 0 saturated carbocycles. The summed E-state index contributed by atoms with van der Waals surface area (Å²) in [5, 5.41) is 11.4. The number of imidazole rings is 1. The fourth-order valence-corrected chi connectivity index (χ4v) is 3.02. The molecule has 11 heteroatoms. The van der Waals surface area contributed by atoms with Crippen molar-refractivity contribution in [2.24, 2.45) is 0 Å². The summed E-state index contributed by atoms with van der Waals surface area (Å²) in [7, 11) is 0. The molecule has 0 spiro atoms. The predicted molar refractivity (Wildman–Crippen MR) is 105 cm³/mol. The molecule has 0 aliphatic rings. The van der Waals surface area contributed by atoms with Crippen molar-refractivity contribution < 1.29 is 27.5 Å². The lowest BCUT2D eigenvalue weighted by Gasteiger charge is -2.15. The molecule has 1 aromatic heterocycles. The second-order valence-corrected chi connectivity index (χ2v) is 6.84. The molecule has 1 heterocycles. The van der Waals surface area contributed by atoms with Crippen molar-refractivity contribution in [1.29, 1.82) is 5.26 Å². The van der Waals surface area contributed by atoms with Gasteiger partial charge in [-0.3, -0.25) is 9.59 Å². The molecule has 0 saturated heterocycles. The Labute approximate surface area is 179 Å². The van der Waals surface area contributed by atoms with E-state index in [0.717, 1.165) is 0 Å². The van der Waals surface area contributed by atoms with Gasteiger partial charge >= 0.3 is 12.1 Å². The van der Waals surface area contributed by atoms with Crippen LogP contribution in [-0.4, -0.2) is 27.5 Å². The highest BCUT2D eigenvalue weighted by molar-refractivity contribution is 6.32. The van der Waals surface area contributed by atoms with E-state index in [1.165, 1.54) is 49.4 Å². The Morgan fingerprint density at radius 1 is 1.29 bits per heavy atom. The third-order valence-corrected chi connectivity index (χ3v) is 4.54. The summed E-state index contributed by atoms with van der Waals surface area (Å²) in [6.07, 6.45) is -6.08. The number of anilines is 1. The van der Waals surface area contributed by atoms with E-state index in [1.54, 1.807) is 0 Å². The molecule has 7 nitrogen and oxygen atoms in total. The first-order valence-electron chi connectivity index (χ1n) is 8.82. The normalized spacial score (nSPS) is 12.3. The fraction of sp³-hybridized carbons (Fsp3) is 0.200. The zero-order chi connectivity index (χ0) is 22.8. The first-order chi connectivity index (χ1) is 14.6. The standard InChI is InChI=1S/C20H14ClF3N4O3/c1-11(18(30)26-13-7-6-12(9-25)14(21)8-13)31-17(29)10-28-16-5-3-2-4-15(16)27-19(28)20(22,23)24/h2-8,11H,10H2,1H3,(H,26,30). The number of alkyl halides is 3. The number of nitriles is 1. The highest BCUT2D eigenvalue weighted by atomic mass is 35.5. The van der Waals surface area contributed by atoms with Crippen molar-refractivity contribution in [2.45, 2.75) is 25.7 Å². The van der Waals surface area contributed by atoms with Crippen molar-refractivity contribution in [3.63, 3.8) is 0 Å². The molecular weight excluding hydrogens is 437 g/mol. The minimum Gasteiger partial charge on any atom is -0.451 e. The number of nitrogens with one attached hydrogen (secondary N) is 1. The Kier molecular flexibility index (Phi) is 6.17. The second-order valence-electron chi connectivity index (χ2n) is 6.44. The van der Waals surface area contributed by atoms with Crippen LogP contribution in [0.1, 0.15) is 18.3 Å². The molecular formula is C20H14ClF3N4O3. The zero-order valence-corrected chi connectivity index (χ0v) is 16.7. The average molecular weight is 451 g/mol. The number of para-hydroxylation sites is 2. The van der Waals surface area contributed by atoms with Gasteiger partial charge in [-0.25, -0.2) is 4.98 Å². The zero-order valence-electron chi connectivity index (χ0n) is 15.9. The van der Waals surface area contributed by atoms with E-state index in [9.17, 15) is 22.8 Å². The van der Waals surface area contributed by atoms with E-state index in [-0.39, 0.29) is 27.3 Å². The van der Waals surface area contributed by atoms with Crippen LogP contribution in [0.3, 0.4) is 0 Å². The maximum absolute atomic E-state index is 13.3. The third-order valence-electron chi connectivity index (χ3n) is 4.23. The summed E-state index contributed by atoms with van der Waals surface area (Å²) in [5.74, 6) is -3.01. The van der Waals surface area contributed by atoms with Crippen molar-refractivity contribution in [2.75, 3.05) is 5.32 Å². The van der Waals surface area contributed by atoms with Crippen molar-refractivity contribution in [1.82, 2.24) is 9.55 Å². The maximum atomic E-state index is 13.3. The van der Waals surface area contributed by atoms with E-state index in [0.29, 0.717) is 4.57 Å². The van der Waals surface area contributed by atoms with Gasteiger partial charge in [-0.05, 0) is 37.3 Å². The number of esters is 1. The maximum Gasteiger partial charge on any atom is 0.449 e. The number of ether oxygens (including phenoxy) is 1. The summed E-state index contributed by atoms with van der Waals surface area (Å²) in [6, 6.07) is 11.9. The van der Waals surface area contributed by atoms with Crippen LogP contribution < -0.4 is 5.32 Å². The highest BCUT2D eigenvalue weighted by Crippen LogP contribution is 2.31. The Morgan fingerprint density at radius 2 is 2.00 bits per heavy atom. The molecule has 31 heavy (non-hydrogen) atoms.